The van der Waals surface area contributed by atoms with Gasteiger partial charge >= 0.3 is 0 Å². The highest BCUT2D eigenvalue weighted by atomic mass is 16.3. The van der Waals surface area contributed by atoms with Gasteiger partial charge in [0.05, 0.1) is 11.2 Å². The number of nitrogens with two attached hydrogens (primary N) is 1. The van der Waals surface area contributed by atoms with E-state index in [1.807, 2.05) is 35.2 Å². The van der Waals surface area contributed by atoms with E-state index in [4.69, 9.17) is 5.73 Å². The van der Waals surface area contributed by atoms with Crippen molar-refractivity contribution in [3.63, 3.8) is 0 Å². The number of aryl methyl sites for hydroxylation is 1. The molecule has 182 valence electrons. The number of nitrogens with one attached hydrogen (secondary N) is 1. The molecule has 1 unspecified atom stereocenters. The number of carbonyl (C=O) groups is 1. The summed E-state index contributed by atoms with van der Waals surface area (Å²) in [7, 11) is 2.05. The van der Waals surface area contributed by atoms with Gasteiger partial charge in [-0.15, -0.1) is 0 Å². The van der Waals surface area contributed by atoms with Crippen molar-refractivity contribution in [2.24, 2.45) is 13.0 Å². The number of allylic oxidation sites excluding steroid dienone is 2. The van der Waals surface area contributed by atoms with Gasteiger partial charge in [0, 0.05) is 48.9 Å². The van der Waals surface area contributed by atoms with Gasteiger partial charge in [0.2, 0.25) is 5.91 Å². The van der Waals surface area contributed by atoms with Gasteiger partial charge in [-0.1, -0.05) is 24.8 Å². The number of fused-ring (bicyclic) bond motifs is 1. The number of anilines is 2. The Morgan fingerprint density at radius 2 is 2.00 bits per heavy atom. The molecule has 1 aliphatic carbocycles. The standard InChI is InChI=1S/C28H33N5O2/c1-3-23(34)31-21-12-10-19(11-13-21)26-24(25-22(32(26)2)14-15-30-27(25)29)18-6-8-20(9-7-18)28(35)33-16-4-5-17-33/h3,6,10-15,20,23,31,34H,1,4-5,7-9,16-17H2,2H3,(H2,29,30)/t20-,23?/m0/s1. The van der Waals surface area contributed by atoms with Crippen molar-refractivity contribution in [3.8, 4) is 11.3 Å². The van der Waals surface area contributed by atoms with E-state index in [1.54, 1.807) is 6.20 Å². The SMILES string of the molecule is C=CC(O)Nc1ccc(-c2c(C3=CC[C@H](C(=O)N4CCCC4)CC3)c3c(N)nccc3n2C)cc1. The maximum Gasteiger partial charge on any atom is 0.226 e. The first kappa shape index (κ1) is 23.2. The molecule has 1 aromatic carbocycles. The average Bonchev–Trinajstić information content (AvgIpc) is 3.52. The quantitative estimate of drug-likeness (QED) is 0.362. The molecule has 35 heavy (non-hydrogen) atoms. The third-order valence-corrected chi connectivity index (χ3v) is 7.34. The van der Waals surface area contributed by atoms with Crippen LogP contribution in [0.1, 0.15) is 37.7 Å². The Hall–Kier alpha value is -3.58. The topological polar surface area (TPSA) is 96.4 Å². The summed E-state index contributed by atoms with van der Waals surface area (Å²) in [4.78, 5) is 19.4. The largest absolute Gasteiger partial charge is 0.383 e. The van der Waals surface area contributed by atoms with Gasteiger partial charge in [-0.05, 0) is 67.5 Å². The molecule has 7 heteroatoms. The van der Waals surface area contributed by atoms with Crippen LogP contribution >= 0.6 is 0 Å². The number of nitrogen functional groups attached to an aromatic ring is 1. The van der Waals surface area contributed by atoms with Gasteiger partial charge in [0.1, 0.15) is 12.0 Å². The number of hydrogen-bond acceptors (Lipinski definition) is 5. The van der Waals surface area contributed by atoms with Crippen LogP contribution in [0.25, 0.3) is 27.7 Å². The number of carbonyl (C=O) groups excluding carboxylic acids is 1. The molecule has 5 rings (SSSR count). The lowest BCUT2D eigenvalue weighted by atomic mass is 9.84. The molecule has 3 heterocycles. The summed E-state index contributed by atoms with van der Waals surface area (Å²) in [6.07, 6.45) is 9.29. The lowest BCUT2D eigenvalue weighted by molar-refractivity contribution is -0.134. The predicted octanol–water partition coefficient (Wildman–Crippen LogP) is 4.54. The summed E-state index contributed by atoms with van der Waals surface area (Å²) < 4.78 is 2.17. The third kappa shape index (κ3) is 4.32. The van der Waals surface area contributed by atoms with Crippen LogP contribution < -0.4 is 11.1 Å². The number of benzene rings is 1. The van der Waals surface area contributed by atoms with E-state index in [9.17, 15) is 9.90 Å². The maximum atomic E-state index is 13.0. The smallest absolute Gasteiger partial charge is 0.226 e. The molecule has 1 amide bonds. The minimum Gasteiger partial charge on any atom is -0.383 e. The fourth-order valence-corrected chi connectivity index (χ4v) is 5.50. The van der Waals surface area contributed by atoms with E-state index in [0.717, 1.165) is 78.6 Å². The summed E-state index contributed by atoms with van der Waals surface area (Å²) in [6.45, 7) is 5.40. The Kier molecular flexibility index (Phi) is 6.34. The van der Waals surface area contributed by atoms with Crippen molar-refractivity contribution in [2.75, 3.05) is 24.1 Å². The molecule has 7 nitrogen and oxygen atoms in total. The highest BCUT2D eigenvalue weighted by molar-refractivity contribution is 6.05. The molecule has 1 saturated heterocycles. The summed E-state index contributed by atoms with van der Waals surface area (Å²) in [5, 5.41) is 13.8. The van der Waals surface area contributed by atoms with Crippen molar-refractivity contribution in [1.29, 1.82) is 0 Å². The number of aromatic nitrogens is 2. The molecular formula is C28H33N5O2. The lowest BCUT2D eigenvalue weighted by Gasteiger charge is -2.26. The molecule has 3 aromatic rings. The van der Waals surface area contributed by atoms with Gasteiger partial charge in [-0.2, -0.15) is 0 Å². The van der Waals surface area contributed by atoms with Crippen molar-refractivity contribution in [3.05, 3.63) is 60.8 Å². The molecular weight excluding hydrogens is 438 g/mol. The average molecular weight is 472 g/mol. The highest BCUT2D eigenvalue weighted by Gasteiger charge is 2.30. The lowest BCUT2D eigenvalue weighted by Crippen LogP contribution is -2.34. The summed E-state index contributed by atoms with van der Waals surface area (Å²) in [6, 6.07) is 9.99. The second-order valence-corrected chi connectivity index (χ2v) is 9.51. The van der Waals surface area contributed by atoms with E-state index >= 15 is 0 Å². The number of amides is 1. The molecule has 0 spiro atoms. The van der Waals surface area contributed by atoms with Gasteiger partial charge in [0.15, 0.2) is 0 Å². The second kappa shape index (κ2) is 9.58. The minimum atomic E-state index is -0.802. The van der Waals surface area contributed by atoms with Crippen LogP contribution in [0.5, 0.6) is 0 Å². The van der Waals surface area contributed by atoms with E-state index in [-0.39, 0.29) is 5.92 Å². The number of rotatable bonds is 6. The normalized spacial score (nSPS) is 19.0. The van der Waals surface area contributed by atoms with Crippen LogP contribution in [0.15, 0.2) is 55.3 Å². The Morgan fingerprint density at radius 1 is 1.26 bits per heavy atom. The Morgan fingerprint density at radius 3 is 2.66 bits per heavy atom. The first-order valence-electron chi connectivity index (χ1n) is 12.4. The summed E-state index contributed by atoms with van der Waals surface area (Å²) >= 11 is 0. The monoisotopic (exact) mass is 471 g/mol. The Labute approximate surface area is 205 Å². The third-order valence-electron chi connectivity index (χ3n) is 7.34. The van der Waals surface area contributed by atoms with Gasteiger partial charge in [-0.3, -0.25) is 4.79 Å². The Bertz CT molecular complexity index is 1280. The fraction of sp³-hybridized carbons (Fsp3) is 0.357. The summed E-state index contributed by atoms with van der Waals surface area (Å²) in [5.74, 6) is 0.886. The molecule has 4 N–H and O–H groups in total. The second-order valence-electron chi connectivity index (χ2n) is 9.51. The fourth-order valence-electron chi connectivity index (χ4n) is 5.50. The van der Waals surface area contributed by atoms with Crippen molar-refractivity contribution in [2.45, 2.75) is 38.3 Å². The van der Waals surface area contributed by atoms with Crippen LogP contribution in [0.3, 0.4) is 0 Å². The number of aliphatic hydroxyl groups is 1. The predicted molar refractivity (Wildman–Crippen MR) is 142 cm³/mol. The number of hydrogen-bond donors (Lipinski definition) is 3. The Balaban J connectivity index is 1.53. The number of nitrogens with zero attached hydrogens (tertiary/aromatic N) is 3. The highest BCUT2D eigenvalue weighted by Crippen LogP contribution is 2.43. The van der Waals surface area contributed by atoms with E-state index in [2.05, 4.69) is 34.6 Å². The van der Waals surface area contributed by atoms with Crippen LogP contribution in [0.4, 0.5) is 11.5 Å². The molecule has 2 aliphatic rings. The number of likely N-dealkylation sites (tertiary alicyclic amines) is 1. The first-order valence-corrected chi connectivity index (χ1v) is 12.4. The zero-order chi connectivity index (χ0) is 24.5. The molecule has 1 aliphatic heterocycles. The van der Waals surface area contributed by atoms with Crippen LogP contribution in [-0.2, 0) is 11.8 Å². The van der Waals surface area contributed by atoms with Gasteiger partial charge in [0.25, 0.3) is 0 Å². The number of pyridine rings is 1. The molecule has 0 saturated carbocycles. The minimum absolute atomic E-state index is 0.0624. The van der Waals surface area contributed by atoms with E-state index < -0.39 is 6.23 Å². The molecule has 1 fully saturated rings. The zero-order valence-corrected chi connectivity index (χ0v) is 20.2. The van der Waals surface area contributed by atoms with E-state index in [0.29, 0.717) is 11.7 Å². The molecule has 2 atom stereocenters. The zero-order valence-electron chi connectivity index (χ0n) is 20.2. The van der Waals surface area contributed by atoms with Crippen LogP contribution in [0, 0.1) is 5.92 Å². The van der Waals surface area contributed by atoms with Crippen molar-refractivity contribution < 1.29 is 9.90 Å². The molecule has 2 aromatic heterocycles. The molecule has 0 bridgehead atoms. The van der Waals surface area contributed by atoms with Crippen LogP contribution in [-0.4, -0.2) is 44.8 Å². The number of aliphatic hydroxyl groups excluding tert-OH is 1. The van der Waals surface area contributed by atoms with Crippen molar-refractivity contribution >= 4 is 33.9 Å². The van der Waals surface area contributed by atoms with Crippen molar-refractivity contribution in [1.82, 2.24) is 14.5 Å². The first-order chi connectivity index (χ1) is 17.0. The van der Waals surface area contributed by atoms with Gasteiger partial charge in [-0.25, -0.2) is 4.98 Å². The van der Waals surface area contributed by atoms with Gasteiger partial charge < -0.3 is 25.6 Å². The van der Waals surface area contributed by atoms with Crippen LogP contribution in [0.2, 0.25) is 0 Å². The molecule has 0 radical (unpaired) electrons. The van der Waals surface area contributed by atoms with E-state index in [1.165, 1.54) is 11.6 Å². The summed E-state index contributed by atoms with van der Waals surface area (Å²) in [5.41, 5.74) is 12.7. The maximum absolute atomic E-state index is 13.0.